The Hall–Kier alpha value is -2.04. The number of hydrogen-bond donors (Lipinski definition) is 11. The fourth-order valence-corrected chi connectivity index (χ4v) is 15.2. The van der Waals surface area contributed by atoms with Crippen LogP contribution in [0.15, 0.2) is 0 Å². The minimum atomic E-state index is -5.70. The van der Waals surface area contributed by atoms with Crippen LogP contribution in [-0.2, 0) is 61.2 Å². The fourth-order valence-electron chi connectivity index (χ4n) is 14.3. The van der Waals surface area contributed by atoms with Gasteiger partial charge in [0.25, 0.3) is 0 Å². The topological polar surface area (TPSA) is 374 Å². The molecule has 1 saturated carbocycles. The van der Waals surface area contributed by atoms with Crippen LogP contribution < -0.4 is 0 Å². The summed E-state index contributed by atoms with van der Waals surface area (Å²) in [7, 11) is -5.70. The van der Waals surface area contributed by atoms with E-state index in [0.29, 0.717) is 31.1 Å². The molecule has 2 aliphatic heterocycles. The van der Waals surface area contributed by atoms with Crippen molar-refractivity contribution in [1.82, 2.24) is 0 Å². The summed E-state index contributed by atoms with van der Waals surface area (Å²) in [6, 6.07) is 0. The molecule has 3 fully saturated rings. The van der Waals surface area contributed by atoms with Crippen molar-refractivity contribution < 1.29 is 117 Å². The van der Waals surface area contributed by atoms with Crippen LogP contribution in [0.2, 0.25) is 0 Å². The molecule has 3 rings (SSSR count). The molecule has 1 aliphatic carbocycles. The molecule has 0 radical (unpaired) electrons. The largest absolute Gasteiger partial charge is 0.472 e. The summed E-state index contributed by atoms with van der Waals surface area (Å²) >= 11 is 0. The number of carbonyl (C=O) groups is 3. The Labute approximate surface area is 625 Å². The Bertz CT molecular complexity index is 2170. The molecule has 11 N–H and O–H groups in total. The summed E-state index contributed by atoms with van der Waals surface area (Å²) in [5.41, 5.74) is 0. The number of phosphoric acid groups is 1. The van der Waals surface area contributed by atoms with Crippen LogP contribution in [0.5, 0.6) is 0 Å². The normalized spacial score (nSPS) is 27.3. The summed E-state index contributed by atoms with van der Waals surface area (Å²) in [6.07, 6.45) is 15.7. The Morgan fingerprint density at radius 2 is 0.673 bits per heavy atom. The molecular formula is C79H149O24P. The van der Waals surface area contributed by atoms with Gasteiger partial charge < -0.3 is 89.1 Å². The van der Waals surface area contributed by atoms with Crippen LogP contribution in [-0.4, -0.2) is 204 Å². The summed E-state index contributed by atoms with van der Waals surface area (Å²) in [4.78, 5) is 51.3. The monoisotopic (exact) mass is 1510 g/mol. The molecule has 0 aromatic rings. The predicted molar refractivity (Wildman–Crippen MR) is 398 cm³/mol. The van der Waals surface area contributed by atoms with Crippen molar-refractivity contribution in [2.24, 2.45) is 11.8 Å². The maximum Gasteiger partial charge on any atom is 0.472 e. The number of unbranched alkanes of at least 4 members (excludes halogenated alkanes) is 36. The third-order valence-corrected chi connectivity index (χ3v) is 22.2. The molecule has 0 amide bonds. The number of phosphoric ester groups is 1. The lowest BCUT2D eigenvalue weighted by Crippen LogP contribution is -2.69. The van der Waals surface area contributed by atoms with Gasteiger partial charge in [-0.05, 0) is 31.1 Å². The van der Waals surface area contributed by atoms with Crippen LogP contribution in [0.1, 0.15) is 343 Å². The minimum absolute atomic E-state index is 0.0307. The van der Waals surface area contributed by atoms with Gasteiger partial charge in [-0.25, -0.2) is 4.57 Å². The van der Waals surface area contributed by atoms with E-state index in [4.69, 9.17) is 42.2 Å². The molecule has 20 unspecified atom stereocenters. The highest BCUT2D eigenvalue weighted by molar-refractivity contribution is 7.47. The number of aliphatic hydroxyl groups excluding tert-OH is 10. The molecule has 104 heavy (non-hydrogen) atoms. The third-order valence-electron chi connectivity index (χ3n) is 21.2. The standard InChI is InChI=1S/C79H149O24P/c1-6-9-12-15-18-19-20-21-22-23-24-25-26-27-28-37-44-51-63(81)95-55-60(98-65(83)53-46-39-32-30-36-43-50-59(5)48-41-34-17-14-11-8-3)56-97-104(93,94)103-77-75(101-78-73(91)68(86)66(84)61(54-80)99-78)71(89)70(88)72(90)76(77)102-79-74(92)69(87)67(85)62(100-79)57-96-64(82)52-45-38-31-29-35-42-49-58(4)47-40-33-16-13-10-7-2/h58-62,66-80,84-92H,6-57H2,1-5H3,(H,93,94). The lowest BCUT2D eigenvalue weighted by molar-refractivity contribution is -0.360. The zero-order valence-corrected chi connectivity index (χ0v) is 65.8. The number of ether oxygens (including phenoxy) is 7. The van der Waals surface area contributed by atoms with Crippen molar-refractivity contribution in [3.05, 3.63) is 0 Å². The van der Waals surface area contributed by atoms with Crippen molar-refractivity contribution in [2.45, 2.75) is 447 Å². The second-order valence-corrected chi connectivity index (χ2v) is 32.2. The molecule has 0 aromatic carbocycles. The highest BCUT2D eigenvalue weighted by Crippen LogP contribution is 2.49. The van der Waals surface area contributed by atoms with Gasteiger partial charge in [0.05, 0.1) is 13.2 Å². The Balaban J connectivity index is 1.71. The van der Waals surface area contributed by atoms with Crippen LogP contribution in [0.3, 0.4) is 0 Å². The number of aliphatic hydroxyl groups is 10. The van der Waals surface area contributed by atoms with E-state index in [0.717, 1.165) is 89.9 Å². The second-order valence-electron chi connectivity index (χ2n) is 30.7. The summed E-state index contributed by atoms with van der Waals surface area (Å²) in [5, 5.41) is 110. The second kappa shape index (κ2) is 58.8. The van der Waals surface area contributed by atoms with E-state index in [1.54, 1.807) is 0 Å². The zero-order valence-electron chi connectivity index (χ0n) is 64.9. The first-order chi connectivity index (χ1) is 50.1. The minimum Gasteiger partial charge on any atom is -0.463 e. The van der Waals surface area contributed by atoms with Crippen molar-refractivity contribution in [3.8, 4) is 0 Å². The van der Waals surface area contributed by atoms with E-state index in [-0.39, 0.29) is 19.3 Å². The molecule has 25 heteroatoms. The van der Waals surface area contributed by atoms with Gasteiger partial charge in [0.2, 0.25) is 0 Å². The number of rotatable bonds is 65. The highest BCUT2D eigenvalue weighted by Gasteiger charge is 2.58. The van der Waals surface area contributed by atoms with E-state index < -0.39 is 156 Å². The number of carbonyl (C=O) groups excluding carboxylic acids is 3. The zero-order chi connectivity index (χ0) is 76.3. The van der Waals surface area contributed by atoms with Gasteiger partial charge in [-0.15, -0.1) is 0 Å². The van der Waals surface area contributed by atoms with E-state index in [1.807, 2.05) is 0 Å². The quantitative estimate of drug-likeness (QED) is 0.0117. The number of esters is 3. The number of hydrogen-bond acceptors (Lipinski definition) is 23. The van der Waals surface area contributed by atoms with Gasteiger partial charge in [-0.3, -0.25) is 23.4 Å². The Morgan fingerprint density at radius 1 is 0.365 bits per heavy atom. The molecule has 3 aliphatic rings. The van der Waals surface area contributed by atoms with Gasteiger partial charge in [0, 0.05) is 19.3 Å². The first kappa shape index (κ1) is 96.2. The molecule has 0 bridgehead atoms. The van der Waals surface area contributed by atoms with Gasteiger partial charge >= 0.3 is 25.7 Å². The average molecular weight is 1510 g/mol. The maximum atomic E-state index is 14.4. The molecular weight excluding hydrogens is 1360 g/mol. The maximum absolute atomic E-state index is 14.4. The molecule has 0 aromatic heterocycles. The smallest absolute Gasteiger partial charge is 0.463 e. The SMILES string of the molecule is CCCCCCCCCCCCCCCCCCCC(=O)OCC(COP(=O)(O)OC1C(OC2OC(CO)C(O)C(O)C2O)C(O)C(O)C(O)C1OC1OC(COC(=O)CCCCCCCCC(C)CCCCCCCC)C(O)C(O)C1O)OC(=O)CCCCCCCCC(C)CCCCCCCC. The summed E-state index contributed by atoms with van der Waals surface area (Å²) in [6.45, 7) is 8.15. The molecule has 2 heterocycles. The van der Waals surface area contributed by atoms with E-state index in [2.05, 4.69) is 34.6 Å². The summed E-state index contributed by atoms with van der Waals surface area (Å²) in [5.74, 6) is -0.596. The van der Waals surface area contributed by atoms with Crippen LogP contribution in [0.25, 0.3) is 0 Å². The average Bonchev–Trinajstić information content (AvgIpc) is 0.754. The molecule has 20 atom stereocenters. The third kappa shape index (κ3) is 41.3. The van der Waals surface area contributed by atoms with Gasteiger partial charge in [0.1, 0.15) is 98.7 Å². The van der Waals surface area contributed by atoms with Crippen LogP contribution in [0, 0.1) is 11.8 Å². The fraction of sp³-hybridized carbons (Fsp3) is 0.962. The van der Waals surface area contributed by atoms with Crippen molar-refractivity contribution >= 4 is 25.7 Å². The molecule has 24 nitrogen and oxygen atoms in total. The lowest BCUT2D eigenvalue weighted by atomic mass is 9.84. The molecule has 2 saturated heterocycles. The Kier molecular flexibility index (Phi) is 54.4. The van der Waals surface area contributed by atoms with Crippen molar-refractivity contribution in [1.29, 1.82) is 0 Å². The van der Waals surface area contributed by atoms with E-state index in [1.165, 1.54) is 180 Å². The highest BCUT2D eigenvalue weighted by atomic mass is 31.2. The van der Waals surface area contributed by atoms with Gasteiger partial charge in [0.15, 0.2) is 18.7 Å². The van der Waals surface area contributed by atoms with E-state index >= 15 is 0 Å². The Morgan fingerprint density at radius 3 is 1.04 bits per heavy atom. The summed E-state index contributed by atoms with van der Waals surface area (Å²) < 4.78 is 65.4. The first-order valence-electron chi connectivity index (χ1n) is 41.6. The van der Waals surface area contributed by atoms with Gasteiger partial charge in [-0.1, -0.05) is 304 Å². The predicted octanol–water partition coefficient (Wildman–Crippen LogP) is 13.0. The van der Waals surface area contributed by atoms with E-state index in [9.17, 15) is 74.9 Å². The van der Waals surface area contributed by atoms with Crippen LogP contribution in [0.4, 0.5) is 0 Å². The lowest BCUT2D eigenvalue weighted by Gasteiger charge is -2.49. The van der Waals surface area contributed by atoms with Crippen molar-refractivity contribution in [3.63, 3.8) is 0 Å². The molecule has 0 spiro atoms. The van der Waals surface area contributed by atoms with Crippen molar-refractivity contribution in [2.75, 3.05) is 26.4 Å². The molecule has 614 valence electrons. The van der Waals surface area contributed by atoms with Gasteiger partial charge in [-0.2, -0.15) is 0 Å². The first-order valence-corrected chi connectivity index (χ1v) is 43.1. The van der Waals surface area contributed by atoms with Crippen LogP contribution >= 0.6 is 7.82 Å².